The molecule has 5 rings (SSSR count). The number of nitrogens with zero attached hydrogens (tertiary/aromatic N) is 2. The van der Waals surface area contributed by atoms with Crippen LogP contribution in [0.2, 0.25) is 0 Å². The summed E-state index contributed by atoms with van der Waals surface area (Å²) in [5, 5.41) is 3.54. The molecule has 7 nitrogen and oxygen atoms in total. The average molecular weight is 497 g/mol. The number of methoxy groups -OCH3 is 2. The van der Waals surface area contributed by atoms with E-state index in [4.69, 9.17) is 20.2 Å². The van der Waals surface area contributed by atoms with Gasteiger partial charge in [0.05, 0.1) is 25.6 Å². The van der Waals surface area contributed by atoms with Crippen LogP contribution in [0.5, 0.6) is 11.5 Å². The van der Waals surface area contributed by atoms with E-state index in [0.29, 0.717) is 38.1 Å². The Balaban J connectivity index is 1.73. The summed E-state index contributed by atoms with van der Waals surface area (Å²) in [5.41, 5.74) is 11.3. The fraction of sp³-hybridized carbons (Fsp3) is 0.107. The lowest BCUT2D eigenvalue weighted by atomic mass is 9.98. The molecule has 1 amide bonds. The van der Waals surface area contributed by atoms with Crippen molar-refractivity contribution in [1.82, 2.24) is 9.97 Å². The number of aryl methyl sites for hydroxylation is 1. The van der Waals surface area contributed by atoms with Crippen molar-refractivity contribution >= 4 is 39.0 Å². The SMILES string of the molecule is COc1cccc(-c2cc(-c3ccccc3)nc3sc(C(=O)Nc4cc(C)ccn4)c(N)c23)c1OC. The zero-order valence-corrected chi connectivity index (χ0v) is 20.8. The van der Waals surface area contributed by atoms with E-state index >= 15 is 0 Å². The number of hydrogen-bond acceptors (Lipinski definition) is 7. The van der Waals surface area contributed by atoms with Gasteiger partial charge in [-0.25, -0.2) is 9.97 Å². The zero-order chi connectivity index (χ0) is 25.2. The van der Waals surface area contributed by atoms with Crippen molar-refractivity contribution in [2.45, 2.75) is 6.92 Å². The van der Waals surface area contributed by atoms with Gasteiger partial charge < -0.3 is 20.5 Å². The number of anilines is 2. The van der Waals surface area contributed by atoms with E-state index in [9.17, 15) is 4.79 Å². The molecule has 0 fully saturated rings. The number of ether oxygens (including phenoxy) is 2. The van der Waals surface area contributed by atoms with Crippen LogP contribution in [0, 0.1) is 6.92 Å². The van der Waals surface area contributed by atoms with Gasteiger partial charge in [0.15, 0.2) is 11.5 Å². The lowest BCUT2D eigenvalue weighted by Crippen LogP contribution is -2.13. The molecule has 0 atom stereocenters. The highest BCUT2D eigenvalue weighted by Crippen LogP contribution is 2.46. The van der Waals surface area contributed by atoms with Gasteiger partial charge in [-0.1, -0.05) is 42.5 Å². The predicted molar refractivity (Wildman–Crippen MR) is 145 cm³/mol. The van der Waals surface area contributed by atoms with E-state index in [1.807, 2.05) is 67.6 Å². The molecule has 3 N–H and O–H groups in total. The number of pyridine rings is 2. The molecule has 0 unspecified atom stereocenters. The minimum Gasteiger partial charge on any atom is -0.493 e. The van der Waals surface area contributed by atoms with E-state index in [1.54, 1.807) is 26.5 Å². The van der Waals surface area contributed by atoms with Crippen molar-refractivity contribution in [3.05, 3.63) is 83.4 Å². The maximum absolute atomic E-state index is 13.2. The first-order valence-corrected chi connectivity index (χ1v) is 12.1. The average Bonchev–Trinajstić information content (AvgIpc) is 3.24. The predicted octanol–water partition coefficient (Wildman–Crippen LogP) is 6.19. The van der Waals surface area contributed by atoms with Crippen molar-refractivity contribution in [3.63, 3.8) is 0 Å². The molecule has 0 bridgehead atoms. The first-order valence-electron chi connectivity index (χ1n) is 11.2. The topological polar surface area (TPSA) is 99.4 Å². The first kappa shape index (κ1) is 23.3. The fourth-order valence-corrected chi connectivity index (χ4v) is 5.15. The Morgan fingerprint density at radius 2 is 1.78 bits per heavy atom. The van der Waals surface area contributed by atoms with E-state index in [0.717, 1.165) is 27.9 Å². The number of para-hydroxylation sites is 1. The van der Waals surface area contributed by atoms with Gasteiger partial charge in [0.25, 0.3) is 5.91 Å². The highest BCUT2D eigenvalue weighted by atomic mass is 32.1. The highest BCUT2D eigenvalue weighted by Gasteiger charge is 2.24. The van der Waals surface area contributed by atoms with Crippen molar-refractivity contribution in [2.75, 3.05) is 25.3 Å². The molecule has 0 saturated carbocycles. The Kier molecular flexibility index (Phi) is 6.26. The second-order valence-electron chi connectivity index (χ2n) is 8.16. The summed E-state index contributed by atoms with van der Waals surface area (Å²) in [6.07, 6.45) is 1.65. The monoisotopic (exact) mass is 496 g/mol. The number of nitrogen functional groups attached to an aromatic ring is 1. The number of carbonyl (C=O) groups is 1. The van der Waals surface area contributed by atoms with Gasteiger partial charge in [0, 0.05) is 28.3 Å². The third kappa shape index (κ3) is 4.23. The minimum absolute atomic E-state index is 0.335. The van der Waals surface area contributed by atoms with Gasteiger partial charge in [-0.05, 0) is 36.8 Å². The summed E-state index contributed by atoms with van der Waals surface area (Å²) in [5.74, 6) is 1.30. The third-order valence-corrected chi connectivity index (χ3v) is 6.92. The van der Waals surface area contributed by atoms with Crippen LogP contribution in [0.3, 0.4) is 0 Å². The largest absolute Gasteiger partial charge is 0.493 e. The third-order valence-electron chi connectivity index (χ3n) is 5.82. The Morgan fingerprint density at radius 3 is 2.50 bits per heavy atom. The Morgan fingerprint density at radius 1 is 0.972 bits per heavy atom. The van der Waals surface area contributed by atoms with Crippen LogP contribution < -0.4 is 20.5 Å². The maximum Gasteiger partial charge on any atom is 0.269 e. The quantitative estimate of drug-likeness (QED) is 0.291. The van der Waals surface area contributed by atoms with Crippen molar-refractivity contribution in [3.8, 4) is 33.9 Å². The Bertz CT molecular complexity index is 1580. The number of nitrogens with one attached hydrogen (secondary N) is 1. The number of benzene rings is 2. The van der Waals surface area contributed by atoms with Crippen molar-refractivity contribution in [1.29, 1.82) is 0 Å². The summed E-state index contributed by atoms with van der Waals surface area (Å²) >= 11 is 1.25. The summed E-state index contributed by atoms with van der Waals surface area (Å²) in [7, 11) is 3.20. The Labute approximate surface area is 212 Å². The number of aromatic nitrogens is 2. The van der Waals surface area contributed by atoms with Crippen LogP contribution in [0.1, 0.15) is 15.2 Å². The molecule has 2 aromatic carbocycles. The molecule has 180 valence electrons. The minimum atomic E-state index is -0.335. The molecular formula is C28H24N4O3S. The summed E-state index contributed by atoms with van der Waals surface area (Å²) in [6, 6.07) is 21.2. The van der Waals surface area contributed by atoms with Crippen molar-refractivity contribution in [2.24, 2.45) is 0 Å². The van der Waals surface area contributed by atoms with Crippen molar-refractivity contribution < 1.29 is 14.3 Å². The van der Waals surface area contributed by atoms with Crippen LogP contribution in [-0.2, 0) is 0 Å². The molecule has 5 aromatic rings. The molecule has 0 aliphatic rings. The molecular weight excluding hydrogens is 472 g/mol. The molecule has 3 aromatic heterocycles. The smallest absolute Gasteiger partial charge is 0.269 e. The van der Waals surface area contributed by atoms with Gasteiger partial charge in [-0.3, -0.25) is 4.79 Å². The fourth-order valence-electron chi connectivity index (χ4n) is 4.14. The van der Waals surface area contributed by atoms with E-state index < -0.39 is 0 Å². The molecule has 0 radical (unpaired) electrons. The molecule has 0 aliphatic carbocycles. The molecule has 3 heterocycles. The zero-order valence-electron chi connectivity index (χ0n) is 20.0. The lowest BCUT2D eigenvalue weighted by molar-refractivity contribution is 0.103. The van der Waals surface area contributed by atoms with Gasteiger partial charge in [0.2, 0.25) is 0 Å². The highest BCUT2D eigenvalue weighted by molar-refractivity contribution is 7.21. The number of hydrogen-bond donors (Lipinski definition) is 2. The van der Waals surface area contributed by atoms with Gasteiger partial charge in [-0.2, -0.15) is 0 Å². The molecule has 8 heteroatoms. The van der Waals surface area contributed by atoms with Gasteiger partial charge in [0.1, 0.15) is 15.5 Å². The molecule has 36 heavy (non-hydrogen) atoms. The number of nitrogens with two attached hydrogens (primary N) is 1. The van der Waals surface area contributed by atoms with Crippen LogP contribution >= 0.6 is 11.3 Å². The van der Waals surface area contributed by atoms with Gasteiger partial charge >= 0.3 is 0 Å². The van der Waals surface area contributed by atoms with Gasteiger partial charge in [-0.15, -0.1) is 11.3 Å². The van der Waals surface area contributed by atoms with E-state index in [2.05, 4.69) is 10.3 Å². The number of carbonyl (C=O) groups excluding carboxylic acids is 1. The molecule has 0 spiro atoms. The number of thiophene rings is 1. The normalized spacial score (nSPS) is 10.9. The summed E-state index contributed by atoms with van der Waals surface area (Å²) < 4.78 is 11.3. The van der Waals surface area contributed by atoms with E-state index in [1.165, 1.54) is 11.3 Å². The Hall–Kier alpha value is -4.43. The second kappa shape index (κ2) is 9.67. The number of amides is 1. The van der Waals surface area contributed by atoms with E-state index in [-0.39, 0.29) is 5.91 Å². The lowest BCUT2D eigenvalue weighted by Gasteiger charge is -2.15. The molecule has 0 aliphatic heterocycles. The first-order chi connectivity index (χ1) is 17.5. The van der Waals surface area contributed by atoms with Crippen LogP contribution in [0.15, 0.2) is 72.9 Å². The van der Waals surface area contributed by atoms with Crippen LogP contribution in [0.25, 0.3) is 32.6 Å². The summed E-state index contributed by atoms with van der Waals surface area (Å²) in [6.45, 7) is 1.94. The molecule has 0 saturated heterocycles. The van der Waals surface area contributed by atoms with Crippen LogP contribution in [0.4, 0.5) is 11.5 Å². The summed E-state index contributed by atoms with van der Waals surface area (Å²) in [4.78, 5) is 23.4. The number of rotatable bonds is 6. The number of fused-ring (bicyclic) bond motifs is 1. The standard InChI is InChI=1S/C28H24N4O3S/c1-16-12-13-30-22(14-16)32-27(33)26-24(29)23-19(18-10-7-11-21(34-2)25(18)35-3)15-20(31-28(23)36-26)17-8-5-4-6-9-17/h4-15H,29H2,1-3H3,(H,30,32,33). The second-order valence-corrected chi connectivity index (χ2v) is 9.16. The van der Waals surface area contributed by atoms with Crippen LogP contribution in [-0.4, -0.2) is 30.1 Å². The maximum atomic E-state index is 13.2.